The lowest BCUT2D eigenvalue weighted by atomic mass is 10.2. The Kier molecular flexibility index (Phi) is 2.06. The van der Waals surface area contributed by atoms with Crippen LogP contribution in [0.2, 0.25) is 0 Å². The monoisotopic (exact) mass is 124 g/mol. The molecule has 0 amide bonds. The number of hydrogen-bond donors (Lipinski definition) is 0. The SMILES string of the molecule is C=CCCC1OC1C=C. The van der Waals surface area contributed by atoms with E-state index in [1.165, 1.54) is 0 Å². The third kappa shape index (κ3) is 1.68. The summed E-state index contributed by atoms with van der Waals surface area (Å²) in [4.78, 5) is 0. The Balaban J connectivity index is 2.04. The fraction of sp³-hybridized carbons (Fsp3) is 0.500. The zero-order valence-corrected chi connectivity index (χ0v) is 5.55. The molecule has 0 saturated carbocycles. The minimum Gasteiger partial charge on any atom is -0.365 e. The highest BCUT2D eigenvalue weighted by Crippen LogP contribution is 2.26. The first-order chi connectivity index (χ1) is 4.38. The molecule has 1 aliphatic rings. The second-order valence-corrected chi connectivity index (χ2v) is 2.24. The first-order valence-electron chi connectivity index (χ1n) is 3.27. The van der Waals surface area contributed by atoms with Crippen LogP contribution in [0.4, 0.5) is 0 Å². The van der Waals surface area contributed by atoms with Crippen molar-refractivity contribution >= 4 is 0 Å². The van der Waals surface area contributed by atoms with Crippen LogP contribution in [0.5, 0.6) is 0 Å². The summed E-state index contributed by atoms with van der Waals surface area (Å²) in [6, 6.07) is 0. The highest BCUT2D eigenvalue weighted by molar-refractivity contribution is 4.98. The molecule has 1 saturated heterocycles. The van der Waals surface area contributed by atoms with Crippen LogP contribution in [0.3, 0.4) is 0 Å². The number of hydrogen-bond acceptors (Lipinski definition) is 1. The molecule has 0 aliphatic carbocycles. The van der Waals surface area contributed by atoms with E-state index < -0.39 is 0 Å². The van der Waals surface area contributed by atoms with Crippen molar-refractivity contribution in [3.05, 3.63) is 25.3 Å². The summed E-state index contributed by atoms with van der Waals surface area (Å²) in [5.41, 5.74) is 0. The summed E-state index contributed by atoms with van der Waals surface area (Å²) in [7, 11) is 0. The molecule has 1 heterocycles. The molecular formula is C8H12O. The second kappa shape index (κ2) is 2.83. The zero-order chi connectivity index (χ0) is 6.69. The zero-order valence-electron chi connectivity index (χ0n) is 5.55. The number of ether oxygens (including phenoxy) is 1. The normalized spacial score (nSPS) is 31.6. The van der Waals surface area contributed by atoms with E-state index in [-0.39, 0.29) is 0 Å². The molecular weight excluding hydrogens is 112 g/mol. The first-order valence-corrected chi connectivity index (χ1v) is 3.27. The van der Waals surface area contributed by atoms with E-state index in [1.54, 1.807) is 0 Å². The molecule has 1 aliphatic heterocycles. The molecule has 1 fully saturated rings. The van der Waals surface area contributed by atoms with Crippen LogP contribution in [0.25, 0.3) is 0 Å². The fourth-order valence-electron chi connectivity index (χ4n) is 0.878. The third-order valence-electron chi connectivity index (χ3n) is 1.51. The molecule has 1 heteroatoms. The van der Waals surface area contributed by atoms with E-state index in [0.29, 0.717) is 12.2 Å². The molecule has 0 bridgehead atoms. The van der Waals surface area contributed by atoms with Gasteiger partial charge in [-0.1, -0.05) is 12.2 Å². The molecule has 0 aromatic carbocycles. The van der Waals surface area contributed by atoms with Crippen LogP contribution >= 0.6 is 0 Å². The topological polar surface area (TPSA) is 12.5 Å². The van der Waals surface area contributed by atoms with Gasteiger partial charge in [0.1, 0.15) is 6.10 Å². The predicted octanol–water partition coefficient (Wildman–Crippen LogP) is 1.91. The van der Waals surface area contributed by atoms with Crippen LogP contribution in [0.15, 0.2) is 25.3 Å². The fourth-order valence-corrected chi connectivity index (χ4v) is 0.878. The van der Waals surface area contributed by atoms with Gasteiger partial charge in [-0.05, 0) is 12.8 Å². The Morgan fingerprint density at radius 2 is 2.22 bits per heavy atom. The van der Waals surface area contributed by atoms with E-state index >= 15 is 0 Å². The van der Waals surface area contributed by atoms with E-state index in [9.17, 15) is 0 Å². The van der Waals surface area contributed by atoms with Gasteiger partial charge in [-0.2, -0.15) is 0 Å². The smallest absolute Gasteiger partial charge is 0.102 e. The van der Waals surface area contributed by atoms with Gasteiger partial charge < -0.3 is 4.74 Å². The average Bonchev–Trinajstić information content (AvgIpc) is 2.62. The van der Waals surface area contributed by atoms with Crippen molar-refractivity contribution < 1.29 is 4.74 Å². The largest absolute Gasteiger partial charge is 0.365 e. The van der Waals surface area contributed by atoms with Gasteiger partial charge in [-0.3, -0.25) is 0 Å². The van der Waals surface area contributed by atoms with Crippen LogP contribution < -0.4 is 0 Å². The van der Waals surface area contributed by atoms with Crippen LogP contribution in [0, 0.1) is 0 Å². The highest BCUT2D eigenvalue weighted by Gasteiger charge is 2.34. The third-order valence-corrected chi connectivity index (χ3v) is 1.51. The highest BCUT2D eigenvalue weighted by atomic mass is 16.6. The molecule has 0 radical (unpaired) electrons. The Labute approximate surface area is 56.0 Å². The van der Waals surface area contributed by atoms with Gasteiger partial charge in [0.2, 0.25) is 0 Å². The number of epoxide rings is 1. The molecule has 2 atom stereocenters. The summed E-state index contributed by atoms with van der Waals surface area (Å²) in [6.07, 6.45) is 6.70. The van der Waals surface area contributed by atoms with Crippen molar-refractivity contribution in [1.82, 2.24) is 0 Å². The van der Waals surface area contributed by atoms with Gasteiger partial charge in [-0.25, -0.2) is 0 Å². The summed E-state index contributed by atoms with van der Waals surface area (Å²) < 4.78 is 5.20. The number of allylic oxidation sites excluding steroid dienone is 1. The van der Waals surface area contributed by atoms with Gasteiger partial charge in [0.05, 0.1) is 6.10 Å². The molecule has 1 nitrogen and oxygen atoms in total. The number of rotatable bonds is 4. The standard InChI is InChI=1S/C8H12O/c1-3-5-6-8-7(4-2)9-8/h3-4,7-8H,1-2,5-6H2. The maximum Gasteiger partial charge on any atom is 0.102 e. The maximum absolute atomic E-state index is 5.20. The molecule has 9 heavy (non-hydrogen) atoms. The molecule has 1 rings (SSSR count). The van der Waals surface area contributed by atoms with Gasteiger partial charge in [-0.15, -0.1) is 13.2 Å². The summed E-state index contributed by atoms with van der Waals surface area (Å²) in [5.74, 6) is 0. The first kappa shape index (κ1) is 6.56. The van der Waals surface area contributed by atoms with Crippen molar-refractivity contribution in [2.45, 2.75) is 25.0 Å². The van der Waals surface area contributed by atoms with Crippen molar-refractivity contribution in [3.63, 3.8) is 0 Å². The van der Waals surface area contributed by atoms with Gasteiger partial charge in [0.15, 0.2) is 0 Å². The Bertz CT molecular complexity index is 118. The summed E-state index contributed by atoms with van der Waals surface area (Å²) in [6.45, 7) is 7.26. The van der Waals surface area contributed by atoms with Crippen molar-refractivity contribution in [2.75, 3.05) is 0 Å². The van der Waals surface area contributed by atoms with Crippen LogP contribution in [0.1, 0.15) is 12.8 Å². The van der Waals surface area contributed by atoms with Crippen molar-refractivity contribution in [2.24, 2.45) is 0 Å². The quantitative estimate of drug-likeness (QED) is 0.412. The Hall–Kier alpha value is -0.560. The Morgan fingerprint density at radius 1 is 1.44 bits per heavy atom. The van der Waals surface area contributed by atoms with Crippen molar-refractivity contribution in [3.8, 4) is 0 Å². The molecule has 0 aromatic rings. The molecule has 0 N–H and O–H groups in total. The van der Waals surface area contributed by atoms with Gasteiger partial charge in [0, 0.05) is 0 Å². The lowest BCUT2D eigenvalue weighted by molar-refractivity contribution is 0.380. The van der Waals surface area contributed by atoms with Crippen LogP contribution in [-0.4, -0.2) is 12.2 Å². The minimum atomic E-state index is 0.338. The lowest BCUT2D eigenvalue weighted by Gasteiger charge is -1.84. The van der Waals surface area contributed by atoms with E-state index in [4.69, 9.17) is 4.74 Å². The van der Waals surface area contributed by atoms with Gasteiger partial charge in [0.25, 0.3) is 0 Å². The predicted molar refractivity (Wildman–Crippen MR) is 38.3 cm³/mol. The minimum absolute atomic E-state index is 0.338. The van der Waals surface area contributed by atoms with Crippen molar-refractivity contribution in [1.29, 1.82) is 0 Å². The van der Waals surface area contributed by atoms with Gasteiger partial charge >= 0.3 is 0 Å². The van der Waals surface area contributed by atoms with E-state index in [2.05, 4.69) is 13.2 Å². The summed E-state index contributed by atoms with van der Waals surface area (Å²) >= 11 is 0. The summed E-state index contributed by atoms with van der Waals surface area (Å²) in [5, 5.41) is 0. The lowest BCUT2D eigenvalue weighted by Crippen LogP contribution is -1.87. The van der Waals surface area contributed by atoms with Crippen LogP contribution in [-0.2, 0) is 4.74 Å². The average molecular weight is 124 g/mol. The molecule has 0 spiro atoms. The maximum atomic E-state index is 5.20. The Morgan fingerprint density at radius 3 is 2.67 bits per heavy atom. The van der Waals surface area contributed by atoms with E-state index in [0.717, 1.165) is 12.8 Å². The van der Waals surface area contributed by atoms with E-state index in [1.807, 2.05) is 12.2 Å². The molecule has 2 unspecified atom stereocenters. The second-order valence-electron chi connectivity index (χ2n) is 2.24. The molecule has 50 valence electrons. The molecule has 0 aromatic heterocycles.